The Morgan fingerprint density at radius 2 is 2.06 bits per heavy atom. The maximum Gasteiger partial charge on any atom is 0.246 e. The number of hydrogen-bond acceptors (Lipinski definition) is 4. The van der Waals surface area contributed by atoms with Crippen molar-refractivity contribution in [1.29, 1.82) is 0 Å². The molecule has 1 aliphatic heterocycles. The fourth-order valence-corrected chi connectivity index (χ4v) is 1.63. The molecule has 5 heteroatoms. The van der Waals surface area contributed by atoms with Gasteiger partial charge in [0.2, 0.25) is 5.91 Å². The number of methoxy groups -OCH3 is 1. The summed E-state index contributed by atoms with van der Waals surface area (Å²) >= 11 is 0. The van der Waals surface area contributed by atoms with Gasteiger partial charge in [-0.1, -0.05) is 0 Å². The van der Waals surface area contributed by atoms with Crippen molar-refractivity contribution in [3.63, 3.8) is 0 Å². The number of ether oxygens (including phenoxy) is 3. The van der Waals surface area contributed by atoms with Crippen LogP contribution < -0.4 is 5.32 Å². The Bertz CT molecular complexity index is 214. The molecule has 1 heterocycles. The lowest BCUT2D eigenvalue weighted by Crippen LogP contribution is -2.50. The second-order valence-electron chi connectivity index (χ2n) is 4.27. The van der Waals surface area contributed by atoms with Crippen molar-refractivity contribution >= 4 is 5.91 Å². The molecule has 1 aliphatic rings. The largest absolute Gasteiger partial charge is 0.382 e. The van der Waals surface area contributed by atoms with Crippen LogP contribution in [0.4, 0.5) is 0 Å². The molecule has 16 heavy (non-hydrogen) atoms. The van der Waals surface area contributed by atoms with E-state index in [0.29, 0.717) is 26.4 Å². The van der Waals surface area contributed by atoms with Gasteiger partial charge in [-0.15, -0.1) is 0 Å². The summed E-state index contributed by atoms with van der Waals surface area (Å²) in [6, 6.07) is 0. The van der Waals surface area contributed by atoms with Gasteiger partial charge in [-0.25, -0.2) is 0 Å². The molecule has 1 rings (SSSR count). The van der Waals surface area contributed by atoms with Crippen molar-refractivity contribution in [2.75, 3.05) is 40.1 Å². The number of nitrogens with one attached hydrogen (secondary N) is 1. The molecule has 0 unspecified atom stereocenters. The molecule has 0 aliphatic carbocycles. The molecule has 0 spiro atoms. The molecule has 1 amide bonds. The summed E-state index contributed by atoms with van der Waals surface area (Å²) in [5, 5.41) is 2.99. The molecular formula is C11H21NO4. The third-order valence-corrected chi connectivity index (χ3v) is 2.70. The van der Waals surface area contributed by atoms with Crippen molar-refractivity contribution < 1.29 is 19.0 Å². The molecule has 1 fully saturated rings. The van der Waals surface area contributed by atoms with Crippen LogP contribution in [0.5, 0.6) is 0 Å². The summed E-state index contributed by atoms with van der Waals surface area (Å²) in [7, 11) is 1.60. The van der Waals surface area contributed by atoms with E-state index in [0.717, 1.165) is 12.8 Å². The highest BCUT2D eigenvalue weighted by Gasteiger charge is 2.28. The summed E-state index contributed by atoms with van der Waals surface area (Å²) in [5.41, 5.74) is -0.139. The minimum Gasteiger partial charge on any atom is -0.382 e. The van der Waals surface area contributed by atoms with Crippen molar-refractivity contribution in [3.8, 4) is 0 Å². The van der Waals surface area contributed by atoms with Gasteiger partial charge in [0.1, 0.15) is 6.61 Å². The Morgan fingerprint density at radius 1 is 1.38 bits per heavy atom. The van der Waals surface area contributed by atoms with Crippen molar-refractivity contribution in [3.05, 3.63) is 0 Å². The molecule has 0 saturated carbocycles. The number of rotatable bonds is 6. The van der Waals surface area contributed by atoms with E-state index in [4.69, 9.17) is 14.2 Å². The maximum atomic E-state index is 11.6. The lowest BCUT2D eigenvalue weighted by atomic mass is 9.92. The average molecular weight is 231 g/mol. The van der Waals surface area contributed by atoms with E-state index in [1.807, 2.05) is 6.92 Å². The number of hydrogen-bond donors (Lipinski definition) is 1. The van der Waals surface area contributed by atoms with Gasteiger partial charge in [-0.05, 0) is 19.8 Å². The second-order valence-corrected chi connectivity index (χ2v) is 4.27. The first-order valence-electron chi connectivity index (χ1n) is 5.62. The standard InChI is InChI=1S/C11H21NO4/c1-11(3-5-15-6-4-11)12-10(13)9-16-8-7-14-2/h3-9H2,1-2H3,(H,12,13). The van der Waals surface area contributed by atoms with Crippen molar-refractivity contribution in [2.24, 2.45) is 0 Å². The third kappa shape index (κ3) is 4.92. The molecule has 0 bridgehead atoms. The molecule has 1 saturated heterocycles. The fraction of sp³-hybridized carbons (Fsp3) is 0.909. The van der Waals surface area contributed by atoms with Gasteiger partial charge in [-0.3, -0.25) is 4.79 Å². The number of carbonyl (C=O) groups is 1. The topological polar surface area (TPSA) is 56.8 Å². The van der Waals surface area contributed by atoms with E-state index in [1.54, 1.807) is 7.11 Å². The average Bonchev–Trinajstić information content (AvgIpc) is 2.25. The Labute approximate surface area is 96.4 Å². The molecule has 0 radical (unpaired) electrons. The molecular weight excluding hydrogens is 210 g/mol. The SMILES string of the molecule is COCCOCC(=O)NC1(C)CCOCC1. The van der Waals surface area contributed by atoms with Crippen LogP contribution in [0.2, 0.25) is 0 Å². The van der Waals surface area contributed by atoms with Gasteiger partial charge in [-0.2, -0.15) is 0 Å². The van der Waals surface area contributed by atoms with Crippen molar-refractivity contribution in [2.45, 2.75) is 25.3 Å². The van der Waals surface area contributed by atoms with Gasteiger partial charge in [0.25, 0.3) is 0 Å². The van der Waals surface area contributed by atoms with E-state index >= 15 is 0 Å². The Morgan fingerprint density at radius 3 is 2.69 bits per heavy atom. The van der Waals surface area contributed by atoms with Crippen LogP contribution >= 0.6 is 0 Å². The van der Waals surface area contributed by atoms with Crippen LogP contribution in [0.15, 0.2) is 0 Å². The van der Waals surface area contributed by atoms with Crippen molar-refractivity contribution in [1.82, 2.24) is 5.32 Å². The quantitative estimate of drug-likeness (QED) is 0.669. The van der Waals surface area contributed by atoms with Gasteiger partial charge in [0.15, 0.2) is 0 Å². The third-order valence-electron chi connectivity index (χ3n) is 2.70. The minimum atomic E-state index is -0.139. The highest BCUT2D eigenvalue weighted by atomic mass is 16.5. The van der Waals surface area contributed by atoms with Crippen LogP contribution in [0.3, 0.4) is 0 Å². The summed E-state index contributed by atoms with van der Waals surface area (Å²) in [4.78, 5) is 11.6. The summed E-state index contributed by atoms with van der Waals surface area (Å²) in [5.74, 6) is -0.0690. The lowest BCUT2D eigenvalue weighted by Gasteiger charge is -2.34. The minimum absolute atomic E-state index is 0.0690. The smallest absolute Gasteiger partial charge is 0.246 e. The number of carbonyl (C=O) groups excluding carboxylic acids is 1. The zero-order chi connectivity index (χ0) is 11.9. The van der Waals surface area contributed by atoms with Crippen LogP contribution in [-0.4, -0.2) is 51.6 Å². The Balaban J connectivity index is 2.17. The van der Waals surface area contributed by atoms with Gasteiger partial charge in [0, 0.05) is 25.9 Å². The zero-order valence-corrected chi connectivity index (χ0v) is 10.1. The molecule has 0 aromatic heterocycles. The summed E-state index contributed by atoms with van der Waals surface area (Å²) < 4.78 is 15.2. The molecule has 0 aromatic carbocycles. The normalized spacial score (nSPS) is 19.4. The Hall–Kier alpha value is -0.650. The molecule has 0 aromatic rings. The summed E-state index contributed by atoms with van der Waals surface area (Å²) in [6.07, 6.45) is 1.72. The van der Waals surface area contributed by atoms with E-state index < -0.39 is 0 Å². The van der Waals surface area contributed by atoms with E-state index in [9.17, 15) is 4.79 Å². The molecule has 0 atom stereocenters. The predicted octanol–water partition coefficient (Wildman–Crippen LogP) is 0.335. The number of amides is 1. The highest BCUT2D eigenvalue weighted by Crippen LogP contribution is 2.19. The van der Waals surface area contributed by atoms with Crippen LogP contribution in [0, 0.1) is 0 Å². The van der Waals surface area contributed by atoms with Crippen LogP contribution in [0.25, 0.3) is 0 Å². The van der Waals surface area contributed by atoms with Gasteiger partial charge in [0.05, 0.1) is 13.2 Å². The van der Waals surface area contributed by atoms with Crippen LogP contribution in [-0.2, 0) is 19.0 Å². The van der Waals surface area contributed by atoms with Gasteiger partial charge < -0.3 is 19.5 Å². The second kappa shape index (κ2) is 6.83. The summed E-state index contributed by atoms with van der Waals surface area (Å²) in [6.45, 7) is 4.52. The fourth-order valence-electron chi connectivity index (χ4n) is 1.63. The van der Waals surface area contributed by atoms with Crippen LogP contribution in [0.1, 0.15) is 19.8 Å². The first-order valence-corrected chi connectivity index (χ1v) is 5.62. The predicted molar refractivity (Wildman–Crippen MR) is 59.3 cm³/mol. The molecule has 5 nitrogen and oxygen atoms in total. The maximum absolute atomic E-state index is 11.6. The molecule has 94 valence electrons. The van der Waals surface area contributed by atoms with E-state index in [-0.39, 0.29) is 18.1 Å². The van der Waals surface area contributed by atoms with E-state index in [1.165, 1.54) is 0 Å². The first-order chi connectivity index (χ1) is 7.66. The highest BCUT2D eigenvalue weighted by molar-refractivity contribution is 5.78. The zero-order valence-electron chi connectivity index (χ0n) is 10.1. The van der Waals surface area contributed by atoms with E-state index in [2.05, 4.69) is 5.32 Å². The lowest BCUT2D eigenvalue weighted by molar-refractivity contribution is -0.129. The monoisotopic (exact) mass is 231 g/mol. The molecule has 1 N–H and O–H groups in total. The Kier molecular flexibility index (Phi) is 5.73. The van der Waals surface area contributed by atoms with Gasteiger partial charge >= 0.3 is 0 Å². The first kappa shape index (κ1) is 13.4.